The molecule has 0 aliphatic rings. The lowest BCUT2D eigenvalue weighted by atomic mass is 10.0. The lowest BCUT2D eigenvalue weighted by molar-refractivity contribution is -0.116. The van der Waals surface area contributed by atoms with E-state index in [1.807, 2.05) is 49.4 Å². The molecule has 1 amide bonds. The third kappa shape index (κ3) is 5.62. The lowest BCUT2D eigenvalue weighted by Gasteiger charge is -2.09. The van der Waals surface area contributed by atoms with E-state index in [0.29, 0.717) is 23.2 Å². The number of carbonyl (C=O) groups is 1. The first kappa shape index (κ1) is 20.5. The molecule has 150 valence electrons. The molecule has 0 radical (unpaired) electrons. The minimum absolute atomic E-state index is 0.0127. The van der Waals surface area contributed by atoms with E-state index in [9.17, 15) is 9.59 Å². The number of fused-ring (bicyclic) bond motifs is 1. The third-order valence-electron chi connectivity index (χ3n) is 4.55. The monoisotopic (exact) mass is 390 g/mol. The SMILES string of the molecule is C=C(C)CNCCCCC(=O)Nc1cccc(-c2n[nH]c(=O)c3ccccc23)c1. The van der Waals surface area contributed by atoms with Gasteiger partial charge >= 0.3 is 0 Å². The molecule has 0 bridgehead atoms. The van der Waals surface area contributed by atoms with Crippen LogP contribution >= 0.6 is 0 Å². The van der Waals surface area contributed by atoms with Gasteiger partial charge in [0.25, 0.3) is 5.56 Å². The van der Waals surface area contributed by atoms with Crippen molar-refractivity contribution in [1.29, 1.82) is 0 Å². The highest BCUT2D eigenvalue weighted by Gasteiger charge is 2.10. The fourth-order valence-corrected chi connectivity index (χ4v) is 3.14. The summed E-state index contributed by atoms with van der Waals surface area (Å²) in [5, 5.41) is 14.4. The summed E-state index contributed by atoms with van der Waals surface area (Å²) in [6.45, 7) is 7.52. The Kier molecular flexibility index (Phi) is 6.92. The van der Waals surface area contributed by atoms with Crippen molar-refractivity contribution in [2.45, 2.75) is 26.2 Å². The summed E-state index contributed by atoms with van der Waals surface area (Å²) < 4.78 is 0. The van der Waals surface area contributed by atoms with Crippen molar-refractivity contribution in [3.05, 3.63) is 71.0 Å². The quantitative estimate of drug-likeness (QED) is 0.382. The summed E-state index contributed by atoms with van der Waals surface area (Å²) in [6.07, 6.45) is 2.23. The number of unbranched alkanes of at least 4 members (excludes halogenated alkanes) is 1. The predicted octanol–water partition coefficient (Wildman–Crippen LogP) is 3.86. The van der Waals surface area contributed by atoms with E-state index in [2.05, 4.69) is 27.4 Å². The number of carbonyl (C=O) groups excluding carboxylic acids is 1. The van der Waals surface area contributed by atoms with E-state index < -0.39 is 0 Å². The number of rotatable bonds is 9. The van der Waals surface area contributed by atoms with Gasteiger partial charge in [-0.3, -0.25) is 9.59 Å². The van der Waals surface area contributed by atoms with Crippen LogP contribution in [0.4, 0.5) is 5.69 Å². The number of H-pyrrole nitrogens is 1. The van der Waals surface area contributed by atoms with Crippen LogP contribution in [0.25, 0.3) is 22.0 Å². The van der Waals surface area contributed by atoms with E-state index in [-0.39, 0.29) is 11.5 Å². The van der Waals surface area contributed by atoms with Gasteiger partial charge in [0.15, 0.2) is 0 Å². The smallest absolute Gasteiger partial charge is 0.272 e. The van der Waals surface area contributed by atoms with Crippen molar-refractivity contribution in [1.82, 2.24) is 15.5 Å². The van der Waals surface area contributed by atoms with Crippen LogP contribution < -0.4 is 16.2 Å². The molecular weight excluding hydrogens is 364 g/mol. The topological polar surface area (TPSA) is 86.9 Å². The molecule has 0 aliphatic heterocycles. The Morgan fingerprint density at radius 1 is 1.10 bits per heavy atom. The van der Waals surface area contributed by atoms with Gasteiger partial charge in [-0.05, 0) is 44.5 Å². The van der Waals surface area contributed by atoms with Crippen molar-refractivity contribution in [3.8, 4) is 11.3 Å². The second-order valence-electron chi connectivity index (χ2n) is 7.17. The summed E-state index contributed by atoms with van der Waals surface area (Å²) in [5.74, 6) is -0.0127. The average Bonchev–Trinajstić information content (AvgIpc) is 2.71. The van der Waals surface area contributed by atoms with Crippen LogP contribution in [0.3, 0.4) is 0 Å². The van der Waals surface area contributed by atoms with Crippen molar-refractivity contribution in [2.75, 3.05) is 18.4 Å². The van der Waals surface area contributed by atoms with E-state index in [4.69, 9.17) is 0 Å². The standard InChI is InChI=1S/C23H26N4O2/c1-16(2)15-24-13-6-5-12-21(28)25-18-9-7-8-17(14-18)22-19-10-3-4-11-20(19)23(29)27-26-22/h3-4,7-11,14,24H,1,5-6,12-13,15H2,2H3,(H,25,28)(H,27,29). The maximum absolute atomic E-state index is 12.2. The second kappa shape index (κ2) is 9.80. The first-order valence-corrected chi connectivity index (χ1v) is 9.77. The second-order valence-corrected chi connectivity index (χ2v) is 7.17. The lowest BCUT2D eigenvalue weighted by Crippen LogP contribution is -2.18. The highest BCUT2D eigenvalue weighted by atomic mass is 16.1. The Labute approximate surface area is 170 Å². The zero-order valence-corrected chi connectivity index (χ0v) is 16.6. The fraction of sp³-hybridized carbons (Fsp3) is 0.261. The minimum atomic E-state index is -0.216. The molecule has 0 spiro atoms. The van der Waals surface area contributed by atoms with Crippen molar-refractivity contribution >= 4 is 22.4 Å². The molecule has 6 nitrogen and oxygen atoms in total. The van der Waals surface area contributed by atoms with E-state index in [1.165, 1.54) is 0 Å². The van der Waals surface area contributed by atoms with Crippen LogP contribution in [0, 0.1) is 0 Å². The largest absolute Gasteiger partial charge is 0.326 e. The number of anilines is 1. The maximum atomic E-state index is 12.2. The molecule has 0 aliphatic carbocycles. The van der Waals surface area contributed by atoms with Gasteiger partial charge in [0.1, 0.15) is 0 Å². The summed E-state index contributed by atoms with van der Waals surface area (Å²) in [7, 11) is 0. The van der Waals surface area contributed by atoms with E-state index in [0.717, 1.165) is 42.5 Å². The van der Waals surface area contributed by atoms with Crippen LogP contribution in [0.2, 0.25) is 0 Å². The van der Waals surface area contributed by atoms with Crippen LogP contribution in [-0.2, 0) is 4.79 Å². The molecule has 6 heteroatoms. The number of nitrogens with one attached hydrogen (secondary N) is 3. The fourth-order valence-electron chi connectivity index (χ4n) is 3.14. The van der Waals surface area contributed by atoms with E-state index >= 15 is 0 Å². The molecule has 3 aromatic rings. The predicted molar refractivity (Wildman–Crippen MR) is 118 cm³/mol. The van der Waals surface area contributed by atoms with Crippen LogP contribution in [0.1, 0.15) is 26.2 Å². The zero-order chi connectivity index (χ0) is 20.6. The van der Waals surface area contributed by atoms with Crippen molar-refractivity contribution < 1.29 is 4.79 Å². The zero-order valence-electron chi connectivity index (χ0n) is 16.6. The molecule has 0 unspecified atom stereocenters. The van der Waals surface area contributed by atoms with Crippen LogP contribution in [-0.4, -0.2) is 29.2 Å². The molecule has 0 saturated carbocycles. The summed E-state index contributed by atoms with van der Waals surface area (Å²) in [4.78, 5) is 24.2. The molecule has 0 atom stereocenters. The van der Waals surface area contributed by atoms with Gasteiger partial charge in [-0.25, -0.2) is 5.10 Å². The van der Waals surface area contributed by atoms with E-state index in [1.54, 1.807) is 6.07 Å². The Morgan fingerprint density at radius 3 is 2.69 bits per heavy atom. The normalized spacial score (nSPS) is 10.8. The Bertz CT molecular complexity index is 1070. The molecule has 0 fully saturated rings. The number of hydrogen-bond acceptors (Lipinski definition) is 4. The Hall–Kier alpha value is -3.25. The van der Waals surface area contributed by atoms with Gasteiger partial charge in [0, 0.05) is 29.6 Å². The van der Waals surface area contributed by atoms with Gasteiger partial charge < -0.3 is 10.6 Å². The van der Waals surface area contributed by atoms with Gasteiger partial charge in [-0.1, -0.05) is 42.5 Å². The number of aromatic nitrogens is 2. The molecule has 1 heterocycles. The number of benzene rings is 2. The Balaban J connectivity index is 1.63. The molecule has 29 heavy (non-hydrogen) atoms. The number of nitrogens with zero attached hydrogens (tertiary/aromatic N) is 1. The molecule has 3 rings (SSSR count). The molecular formula is C23H26N4O2. The highest BCUT2D eigenvalue weighted by Crippen LogP contribution is 2.26. The molecule has 2 aromatic carbocycles. The first-order chi connectivity index (χ1) is 14.0. The highest BCUT2D eigenvalue weighted by molar-refractivity contribution is 5.95. The summed E-state index contributed by atoms with van der Waals surface area (Å²) >= 11 is 0. The number of hydrogen-bond donors (Lipinski definition) is 3. The van der Waals surface area contributed by atoms with Crippen molar-refractivity contribution in [3.63, 3.8) is 0 Å². The van der Waals surface area contributed by atoms with Gasteiger partial charge in [0.05, 0.1) is 11.1 Å². The van der Waals surface area contributed by atoms with Crippen molar-refractivity contribution in [2.24, 2.45) is 0 Å². The minimum Gasteiger partial charge on any atom is -0.326 e. The average molecular weight is 390 g/mol. The van der Waals surface area contributed by atoms with Gasteiger partial charge in [-0.15, -0.1) is 0 Å². The molecule has 3 N–H and O–H groups in total. The van der Waals surface area contributed by atoms with Gasteiger partial charge in [-0.2, -0.15) is 5.10 Å². The number of amides is 1. The third-order valence-corrected chi connectivity index (χ3v) is 4.55. The van der Waals surface area contributed by atoms with Crippen LogP contribution in [0.15, 0.2) is 65.5 Å². The molecule has 1 aromatic heterocycles. The summed E-state index contributed by atoms with van der Waals surface area (Å²) in [5.41, 5.74) is 3.11. The molecule has 0 saturated heterocycles. The Morgan fingerprint density at radius 2 is 1.90 bits per heavy atom. The summed E-state index contributed by atoms with van der Waals surface area (Å²) in [6, 6.07) is 14.9. The van der Waals surface area contributed by atoms with Crippen LogP contribution in [0.5, 0.6) is 0 Å². The maximum Gasteiger partial charge on any atom is 0.272 e. The first-order valence-electron chi connectivity index (χ1n) is 9.77. The van der Waals surface area contributed by atoms with Gasteiger partial charge in [0.2, 0.25) is 5.91 Å². The number of aromatic amines is 1.